The third-order valence-corrected chi connectivity index (χ3v) is 2.94. The summed E-state index contributed by atoms with van der Waals surface area (Å²) in [4.78, 5) is 22.8. The summed E-state index contributed by atoms with van der Waals surface area (Å²) >= 11 is 0. The van der Waals surface area contributed by atoms with E-state index in [1.165, 1.54) is 0 Å². The largest absolute Gasteiger partial charge is 0.494 e. The van der Waals surface area contributed by atoms with Gasteiger partial charge in [0.15, 0.2) is 0 Å². The number of benzene rings is 1. The lowest BCUT2D eigenvalue weighted by Gasteiger charge is -2.10. The molecule has 1 aromatic rings. The van der Waals surface area contributed by atoms with Crippen LogP contribution in [0.2, 0.25) is 0 Å². The quantitative estimate of drug-likeness (QED) is 0.818. The Kier molecular flexibility index (Phi) is 4.39. The zero-order chi connectivity index (χ0) is 13.7. The number of hydrogen-bond acceptors (Lipinski definition) is 3. The van der Waals surface area contributed by atoms with Crippen molar-refractivity contribution < 1.29 is 14.3 Å². The van der Waals surface area contributed by atoms with Crippen molar-refractivity contribution in [3.63, 3.8) is 0 Å². The molecule has 0 spiro atoms. The molecule has 0 saturated carbocycles. The summed E-state index contributed by atoms with van der Waals surface area (Å²) in [5.41, 5.74) is 0.929. The van der Waals surface area contributed by atoms with Crippen LogP contribution in [0.1, 0.15) is 18.9 Å². The second-order valence-electron chi connectivity index (χ2n) is 4.53. The molecule has 0 aromatic heterocycles. The first-order chi connectivity index (χ1) is 9.17. The third-order valence-electron chi connectivity index (χ3n) is 2.94. The zero-order valence-electron chi connectivity index (χ0n) is 10.9. The second-order valence-corrected chi connectivity index (χ2v) is 4.53. The molecule has 2 N–H and O–H groups in total. The minimum atomic E-state index is -0.0808. The maximum atomic E-state index is 11.8. The van der Waals surface area contributed by atoms with Crippen molar-refractivity contribution >= 4 is 11.8 Å². The van der Waals surface area contributed by atoms with Gasteiger partial charge < -0.3 is 15.4 Å². The summed E-state index contributed by atoms with van der Waals surface area (Å²) in [5.74, 6) is 0.731. The van der Waals surface area contributed by atoms with Crippen molar-refractivity contribution in [1.82, 2.24) is 10.6 Å². The summed E-state index contributed by atoms with van der Waals surface area (Å²) in [7, 11) is 0. The number of hydrogen-bond donors (Lipinski definition) is 2. The molecule has 2 rings (SSSR count). The Morgan fingerprint density at radius 1 is 1.42 bits per heavy atom. The summed E-state index contributed by atoms with van der Waals surface area (Å²) in [5, 5.41) is 5.53. The van der Waals surface area contributed by atoms with Crippen LogP contribution >= 0.6 is 0 Å². The molecule has 1 atom stereocenters. The molecule has 102 valence electrons. The van der Waals surface area contributed by atoms with Crippen molar-refractivity contribution in [2.24, 2.45) is 0 Å². The number of rotatable bonds is 5. The van der Waals surface area contributed by atoms with Gasteiger partial charge >= 0.3 is 0 Å². The fourth-order valence-corrected chi connectivity index (χ4v) is 2.04. The Hall–Kier alpha value is -2.04. The van der Waals surface area contributed by atoms with Gasteiger partial charge in [-0.05, 0) is 24.6 Å². The normalized spacial score (nSPS) is 17.9. The summed E-state index contributed by atoms with van der Waals surface area (Å²) in [6, 6.07) is 7.38. The number of ether oxygens (including phenoxy) is 1. The van der Waals surface area contributed by atoms with Crippen molar-refractivity contribution in [2.45, 2.75) is 25.8 Å². The number of nitrogens with one attached hydrogen (secondary N) is 2. The molecule has 0 unspecified atom stereocenters. The molecule has 0 bridgehead atoms. The third kappa shape index (κ3) is 3.98. The highest BCUT2D eigenvalue weighted by Crippen LogP contribution is 2.12. The van der Waals surface area contributed by atoms with Crippen LogP contribution < -0.4 is 15.4 Å². The van der Waals surface area contributed by atoms with Crippen LogP contribution in [-0.2, 0) is 16.0 Å². The monoisotopic (exact) mass is 262 g/mol. The lowest BCUT2D eigenvalue weighted by atomic mass is 10.1. The first-order valence-electron chi connectivity index (χ1n) is 6.45. The predicted molar refractivity (Wildman–Crippen MR) is 70.9 cm³/mol. The number of carbonyl (C=O) groups is 2. The minimum absolute atomic E-state index is 0.00799. The van der Waals surface area contributed by atoms with E-state index in [4.69, 9.17) is 4.74 Å². The van der Waals surface area contributed by atoms with Crippen LogP contribution in [0.4, 0.5) is 0 Å². The van der Waals surface area contributed by atoms with Gasteiger partial charge in [-0.1, -0.05) is 12.1 Å². The van der Waals surface area contributed by atoms with Gasteiger partial charge in [0.25, 0.3) is 0 Å². The van der Waals surface area contributed by atoms with E-state index in [1.807, 2.05) is 31.2 Å². The zero-order valence-corrected chi connectivity index (χ0v) is 10.9. The summed E-state index contributed by atoms with van der Waals surface area (Å²) in [6.45, 7) is 3.08. The van der Waals surface area contributed by atoms with Crippen LogP contribution in [0.25, 0.3) is 0 Å². The van der Waals surface area contributed by atoms with Crippen molar-refractivity contribution in [2.75, 3.05) is 13.2 Å². The Labute approximate surface area is 112 Å². The molecule has 5 heteroatoms. The highest BCUT2D eigenvalue weighted by Gasteiger charge is 2.22. The Morgan fingerprint density at radius 2 is 2.16 bits per heavy atom. The molecule has 1 saturated heterocycles. The SMILES string of the molecule is CCOc1ccc(CC(=O)N[C@@H]2CNC(=O)C2)cc1. The number of carbonyl (C=O) groups excluding carboxylic acids is 2. The highest BCUT2D eigenvalue weighted by molar-refractivity contribution is 5.83. The van der Waals surface area contributed by atoms with E-state index in [9.17, 15) is 9.59 Å². The molecule has 5 nitrogen and oxygen atoms in total. The van der Waals surface area contributed by atoms with Gasteiger partial charge in [0.05, 0.1) is 19.1 Å². The van der Waals surface area contributed by atoms with Crippen LogP contribution in [0.15, 0.2) is 24.3 Å². The van der Waals surface area contributed by atoms with Crippen LogP contribution in [0, 0.1) is 0 Å². The van der Waals surface area contributed by atoms with E-state index < -0.39 is 0 Å². The molecule has 1 aliphatic rings. The Bertz CT molecular complexity index is 456. The van der Waals surface area contributed by atoms with Gasteiger partial charge in [0.2, 0.25) is 11.8 Å². The minimum Gasteiger partial charge on any atom is -0.494 e. The van der Waals surface area contributed by atoms with Gasteiger partial charge in [0.1, 0.15) is 5.75 Å². The highest BCUT2D eigenvalue weighted by atomic mass is 16.5. The average Bonchev–Trinajstić information content (AvgIpc) is 2.77. The molecule has 2 amide bonds. The molecular weight excluding hydrogens is 244 g/mol. The fourth-order valence-electron chi connectivity index (χ4n) is 2.04. The standard InChI is InChI=1S/C14H18N2O3/c1-2-19-12-5-3-10(4-6-12)7-14(18)16-11-8-13(17)15-9-11/h3-6,11H,2,7-9H2,1H3,(H,15,17)(H,16,18)/t11-/m0/s1. The van der Waals surface area contributed by atoms with Crippen LogP contribution in [0.5, 0.6) is 5.75 Å². The summed E-state index contributed by atoms with van der Waals surface area (Å²) < 4.78 is 5.34. The van der Waals surface area contributed by atoms with Gasteiger partial charge in [-0.15, -0.1) is 0 Å². The molecular formula is C14H18N2O3. The Balaban J connectivity index is 1.83. The van der Waals surface area contributed by atoms with E-state index in [1.54, 1.807) is 0 Å². The van der Waals surface area contributed by atoms with Crippen molar-refractivity contribution in [3.05, 3.63) is 29.8 Å². The lowest BCUT2D eigenvalue weighted by Crippen LogP contribution is -2.37. The van der Waals surface area contributed by atoms with Gasteiger partial charge in [-0.25, -0.2) is 0 Å². The molecule has 1 heterocycles. The second kappa shape index (κ2) is 6.22. The van der Waals surface area contributed by atoms with E-state index in [-0.39, 0.29) is 17.9 Å². The van der Waals surface area contributed by atoms with E-state index in [2.05, 4.69) is 10.6 Å². The van der Waals surface area contributed by atoms with Gasteiger partial charge in [-0.2, -0.15) is 0 Å². The molecule has 0 radical (unpaired) electrons. The van der Waals surface area contributed by atoms with E-state index in [0.717, 1.165) is 11.3 Å². The fraction of sp³-hybridized carbons (Fsp3) is 0.429. The molecule has 0 aliphatic carbocycles. The first kappa shape index (κ1) is 13.4. The number of amides is 2. The van der Waals surface area contributed by atoms with E-state index in [0.29, 0.717) is 26.0 Å². The smallest absolute Gasteiger partial charge is 0.224 e. The maximum absolute atomic E-state index is 11.8. The molecule has 1 aromatic carbocycles. The van der Waals surface area contributed by atoms with Crippen LogP contribution in [-0.4, -0.2) is 31.0 Å². The molecule has 1 fully saturated rings. The molecule has 1 aliphatic heterocycles. The van der Waals surface area contributed by atoms with Gasteiger partial charge in [0, 0.05) is 13.0 Å². The average molecular weight is 262 g/mol. The van der Waals surface area contributed by atoms with Gasteiger partial charge in [-0.3, -0.25) is 9.59 Å². The lowest BCUT2D eigenvalue weighted by molar-refractivity contribution is -0.121. The van der Waals surface area contributed by atoms with Crippen molar-refractivity contribution in [3.8, 4) is 5.75 Å². The first-order valence-corrected chi connectivity index (χ1v) is 6.45. The van der Waals surface area contributed by atoms with Crippen molar-refractivity contribution in [1.29, 1.82) is 0 Å². The summed E-state index contributed by atoms with van der Waals surface area (Å²) in [6.07, 6.45) is 0.687. The maximum Gasteiger partial charge on any atom is 0.224 e. The Morgan fingerprint density at radius 3 is 2.74 bits per heavy atom. The predicted octanol–water partition coefficient (Wildman–Crippen LogP) is 0.632. The van der Waals surface area contributed by atoms with Crippen LogP contribution in [0.3, 0.4) is 0 Å². The van der Waals surface area contributed by atoms with E-state index >= 15 is 0 Å². The molecule has 19 heavy (non-hydrogen) atoms. The topological polar surface area (TPSA) is 67.4 Å².